The molecular formula is C17H35NO. The topological polar surface area (TPSA) is 21.3 Å². The molecule has 3 unspecified atom stereocenters. The summed E-state index contributed by atoms with van der Waals surface area (Å²) in [6.45, 7) is 8.96. The minimum atomic E-state index is 0.564. The van der Waals surface area contributed by atoms with Crippen LogP contribution >= 0.6 is 0 Å². The van der Waals surface area contributed by atoms with Crippen molar-refractivity contribution in [3.63, 3.8) is 0 Å². The van der Waals surface area contributed by atoms with Crippen LogP contribution in [0.15, 0.2) is 0 Å². The van der Waals surface area contributed by atoms with Gasteiger partial charge in [-0.15, -0.1) is 0 Å². The zero-order chi connectivity index (χ0) is 13.9. The number of hydrogen-bond acceptors (Lipinski definition) is 2. The lowest BCUT2D eigenvalue weighted by Crippen LogP contribution is -2.26. The van der Waals surface area contributed by atoms with E-state index in [1.165, 1.54) is 57.8 Å². The molecule has 114 valence electrons. The first kappa shape index (κ1) is 17.0. The smallest absolute Gasteiger partial charge is 0.0577 e. The molecule has 1 rings (SSSR count). The van der Waals surface area contributed by atoms with Gasteiger partial charge in [0.2, 0.25) is 0 Å². The Kier molecular flexibility index (Phi) is 9.54. The summed E-state index contributed by atoms with van der Waals surface area (Å²) in [5.74, 6) is 0.928. The average molecular weight is 269 g/mol. The summed E-state index contributed by atoms with van der Waals surface area (Å²) < 4.78 is 6.06. The van der Waals surface area contributed by atoms with Gasteiger partial charge in [-0.3, -0.25) is 0 Å². The van der Waals surface area contributed by atoms with Crippen molar-refractivity contribution in [2.75, 3.05) is 13.2 Å². The van der Waals surface area contributed by atoms with Crippen LogP contribution in [0.1, 0.15) is 78.6 Å². The van der Waals surface area contributed by atoms with Crippen LogP contribution in [0.2, 0.25) is 0 Å². The average Bonchev–Trinajstić information content (AvgIpc) is 2.45. The van der Waals surface area contributed by atoms with Crippen molar-refractivity contribution in [1.29, 1.82) is 0 Å². The summed E-state index contributed by atoms with van der Waals surface area (Å²) in [7, 11) is 0. The van der Waals surface area contributed by atoms with E-state index in [0.29, 0.717) is 12.1 Å². The Hall–Kier alpha value is -0.0800. The molecule has 0 amide bonds. The first-order valence-corrected chi connectivity index (χ1v) is 8.61. The van der Waals surface area contributed by atoms with Crippen molar-refractivity contribution in [2.45, 2.75) is 90.7 Å². The standard InChI is InChI=1S/C17H35NO/c1-4-12-18-15(3)9-6-7-13-19-17-11-8-10-16(5-2)14-17/h15-18H,4-14H2,1-3H3. The van der Waals surface area contributed by atoms with E-state index in [2.05, 4.69) is 26.1 Å². The molecule has 2 nitrogen and oxygen atoms in total. The Morgan fingerprint density at radius 2 is 2.05 bits per heavy atom. The lowest BCUT2D eigenvalue weighted by Gasteiger charge is -2.28. The molecule has 3 atom stereocenters. The fourth-order valence-corrected chi connectivity index (χ4v) is 3.06. The SMILES string of the molecule is CCCNC(C)CCCCOC1CCCC(CC)C1. The molecule has 1 aliphatic carbocycles. The Bertz CT molecular complexity index is 207. The van der Waals surface area contributed by atoms with E-state index in [0.717, 1.165) is 19.1 Å². The highest BCUT2D eigenvalue weighted by atomic mass is 16.5. The summed E-state index contributed by atoms with van der Waals surface area (Å²) in [4.78, 5) is 0. The van der Waals surface area contributed by atoms with Gasteiger partial charge in [-0.05, 0) is 57.9 Å². The lowest BCUT2D eigenvalue weighted by atomic mass is 9.85. The van der Waals surface area contributed by atoms with Crippen LogP contribution in [0.25, 0.3) is 0 Å². The second-order valence-electron chi connectivity index (χ2n) is 6.28. The zero-order valence-corrected chi connectivity index (χ0v) is 13.4. The number of unbranched alkanes of at least 4 members (excludes halogenated alkanes) is 1. The second-order valence-corrected chi connectivity index (χ2v) is 6.28. The summed E-state index contributed by atoms with van der Waals surface area (Å²) >= 11 is 0. The van der Waals surface area contributed by atoms with Crippen LogP contribution in [0.4, 0.5) is 0 Å². The molecule has 0 aliphatic heterocycles. The molecule has 0 saturated heterocycles. The fourth-order valence-electron chi connectivity index (χ4n) is 3.06. The molecule has 1 fully saturated rings. The number of nitrogens with one attached hydrogen (secondary N) is 1. The van der Waals surface area contributed by atoms with Crippen molar-refractivity contribution in [2.24, 2.45) is 5.92 Å². The molecule has 0 spiro atoms. The molecule has 0 aromatic rings. The molecular weight excluding hydrogens is 234 g/mol. The van der Waals surface area contributed by atoms with E-state index < -0.39 is 0 Å². The molecule has 0 heterocycles. The summed E-state index contributed by atoms with van der Waals surface area (Å²) in [6.07, 6.45) is 12.3. The van der Waals surface area contributed by atoms with Crippen molar-refractivity contribution >= 4 is 0 Å². The highest BCUT2D eigenvalue weighted by Crippen LogP contribution is 2.28. The fraction of sp³-hybridized carbons (Fsp3) is 1.00. The van der Waals surface area contributed by atoms with E-state index >= 15 is 0 Å². The largest absolute Gasteiger partial charge is 0.378 e. The minimum Gasteiger partial charge on any atom is -0.378 e. The maximum absolute atomic E-state index is 6.06. The first-order chi connectivity index (χ1) is 9.26. The minimum absolute atomic E-state index is 0.564. The predicted octanol–water partition coefficient (Wildman–Crippen LogP) is 4.53. The summed E-state index contributed by atoms with van der Waals surface area (Å²) in [6, 6.07) is 0.666. The third-order valence-corrected chi connectivity index (χ3v) is 4.44. The maximum Gasteiger partial charge on any atom is 0.0577 e. The Morgan fingerprint density at radius 3 is 2.79 bits per heavy atom. The summed E-state index contributed by atoms with van der Waals surface area (Å²) in [5, 5.41) is 3.55. The number of ether oxygens (including phenoxy) is 1. The van der Waals surface area contributed by atoms with Crippen LogP contribution in [0, 0.1) is 5.92 Å². The Morgan fingerprint density at radius 1 is 1.21 bits per heavy atom. The van der Waals surface area contributed by atoms with Gasteiger partial charge in [0, 0.05) is 12.6 Å². The van der Waals surface area contributed by atoms with Crippen LogP contribution in [-0.2, 0) is 4.74 Å². The van der Waals surface area contributed by atoms with Gasteiger partial charge in [0.05, 0.1) is 6.10 Å². The number of hydrogen-bond donors (Lipinski definition) is 1. The quantitative estimate of drug-likeness (QED) is 0.588. The molecule has 1 N–H and O–H groups in total. The van der Waals surface area contributed by atoms with Crippen LogP contribution in [0.5, 0.6) is 0 Å². The maximum atomic E-state index is 6.06. The van der Waals surface area contributed by atoms with Crippen LogP contribution < -0.4 is 5.32 Å². The van der Waals surface area contributed by atoms with Crippen LogP contribution in [0.3, 0.4) is 0 Å². The van der Waals surface area contributed by atoms with Crippen molar-refractivity contribution in [1.82, 2.24) is 5.32 Å². The molecule has 1 aliphatic rings. The normalized spacial score (nSPS) is 25.4. The molecule has 19 heavy (non-hydrogen) atoms. The van der Waals surface area contributed by atoms with Crippen molar-refractivity contribution in [3.8, 4) is 0 Å². The van der Waals surface area contributed by atoms with Gasteiger partial charge in [-0.2, -0.15) is 0 Å². The highest BCUT2D eigenvalue weighted by molar-refractivity contribution is 4.72. The van der Waals surface area contributed by atoms with Gasteiger partial charge < -0.3 is 10.1 Å². The van der Waals surface area contributed by atoms with E-state index in [4.69, 9.17) is 4.74 Å². The highest BCUT2D eigenvalue weighted by Gasteiger charge is 2.20. The summed E-state index contributed by atoms with van der Waals surface area (Å²) in [5.41, 5.74) is 0. The van der Waals surface area contributed by atoms with Crippen molar-refractivity contribution < 1.29 is 4.74 Å². The monoisotopic (exact) mass is 269 g/mol. The molecule has 2 heteroatoms. The third-order valence-electron chi connectivity index (χ3n) is 4.44. The predicted molar refractivity (Wildman–Crippen MR) is 83.6 cm³/mol. The number of rotatable bonds is 10. The lowest BCUT2D eigenvalue weighted by molar-refractivity contribution is 0.0105. The van der Waals surface area contributed by atoms with Gasteiger partial charge in [0.1, 0.15) is 0 Å². The van der Waals surface area contributed by atoms with E-state index in [-0.39, 0.29) is 0 Å². The van der Waals surface area contributed by atoms with Gasteiger partial charge in [-0.1, -0.05) is 33.1 Å². The molecule has 0 aromatic carbocycles. The molecule has 0 aromatic heterocycles. The van der Waals surface area contributed by atoms with E-state index in [1.54, 1.807) is 0 Å². The Labute approximate surface area is 120 Å². The zero-order valence-electron chi connectivity index (χ0n) is 13.4. The van der Waals surface area contributed by atoms with Crippen molar-refractivity contribution in [3.05, 3.63) is 0 Å². The van der Waals surface area contributed by atoms with E-state index in [9.17, 15) is 0 Å². The molecule has 1 saturated carbocycles. The Balaban J connectivity index is 1.95. The van der Waals surface area contributed by atoms with Gasteiger partial charge in [0.15, 0.2) is 0 Å². The molecule has 0 radical (unpaired) electrons. The molecule has 0 bridgehead atoms. The third kappa shape index (κ3) is 7.94. The first-order valence-electron chi connectivity index (χ1n) is 8.61. The van der Waals surface area contributed by atoms with E-state index in [1.807, 2.05) is 0 Å². The van der Waals surface area contributed by atoms with Gasteiger partial charge >= 0.3 is 0 Å². The van der Waals surface area contributed by atoms with Crippen LogP contribution in [-0.4, -0.2) is 25.3 Å². The second kappa shape index (κ2) is 10.7. The van der Waals surface area contributed by atoms with Gasteiger partial charge in [-0.25, -0.2) is 0 Å². The van der Waals surface area contributed by atoms with Gasteiger partial charge in [0.25, 0.3) is 0 Å².